The van der Waals surface area contributed by atoms with Crippen molar-refractivity contribution in [2.45, 2.75) is 31.4 Å². The zero-order valence-electron chi connectivity index (χ0n) is 16.6. The number of likely N-dealkylation sites (tertiary alicyclic amines) is 1. The summed E-state index contributed by atoms with van der Waals surface area (Å²) in [5.41, 5.74) is 1.81. The molecule has 0 aromatic heterocycles. The van der Waals surface area contributed by atoms with Crippen LogP contribution in [0.25, 0.3) is 0 Å². The van der Waals surface area contributed by atoms with Crippen LogP contribution < -0.4 is 0 Å². The number of amides is 1. The standard InChI is InChI=1S/C22H24ClN3O4/c23-19-6-5-17(13-20(19)26(29)30)21(27)25-11-8-22(28,9-12-25)15-24-10-7-16-3-1-2-4-18(16)14-24/h1-6,13,28H,7-12,14-15H2. The minimum atomic E-state index is -0.838. The molecule has 0 aliphatic carbocycles. The Morgan fingerprint density at radius 1 is 1.13 bits per heavy atom. The topological polar surface area (TPSA) is 86.9 Å². The first-order valence-electron chi connectivity index (χ1n) is 10.1. The summed E-state index contributed by atoms with van der Waals surface area (Å²) in [4.78, 5) is 27.2. The van der Waals surface area contributed by atoms with Gasteiger partial charge in [-0.2, -0.15) is 0 Å². The molecule has 0 unspecified atom stereocenters. The smallest absolute Gasteiger partial charge is 0.288 e. The molecule has 2 aromatic rings. The van der Waals surface area contributed by atoms with Crippen LogP contribution in [-0.4, -0.2) is 57.5 Å². The summed E-state index contributed by atoms with van der Waals surface area (Å²) in [6, 6.07) is 12.5. The molecule has 8 heteroatoms. The highest BCUT2D eigenvalue weighted by Gasteiger charge is 2.36. The molecule has 158 valence electrons. The minimum Gasteiger partial charge on any atom is -0.388 e. The van der Waals surface area contributed by atoms with Gasteiger partial charge in [-0.05, 0) is 42.5 Å². The van der Waals surface area contributed by atoms with Gasteiger partial charge in [-0.1, -0.05) is 35.9 Å². The summed E-state index contributed by atoms with van der Waals surface area (Å²) in [6.07, 6.45) is 1.94. The Kier molecular flexibility index (Phi) is 5.77. The van der Waals surface area contributed by atoms with Gasteiger partial charge in [-0.25, -0.2) is 0 Å². The molecule has 30 heavy (non-hydrogen) atoms. The van der Waals surface area contributed by atoms with Crippen molar-refractivity contribution >= 4 is 23.2 Å². The van der Waals surface area contributed by atoms with Gasteiger partial charge in [0, 0.05) is 44.4 Å². The molecule has 2 aliphatic rings. The largest absolute Gasteiger partial charge is 0.388 e. The first kappa shape index (κ1) is 20.8. The summed E-state index contributed by atoms with van der Waals surface area (Å²) < 4.78 is 0. The number of rotatable bonds is 4. The fraction of sp³-hybridized carbons (Fsp3) is 0.409. The maximum absolute atomic E-state index is 12.8. The van der Waals surface area contributed by atoms with Gasteiger partial charge in [0.15, 0.2) is 0 Å². The normalized spacial score (nSPS) is 18.7. The van der Waals surface area contributed by atoms with Gasteiger partial charge in [0.2, 0.25) is 0 Å². The van der Waals surface area contributed by atoms with E-state index in [1.165, 1.54) is 29.3 Å². The first-order chi connectivity index (χ1) is 14.3. The van der Waals surface area contributed by atoms with Crippen molar-refractivity contribution in [1.29, 1.82) is 0 Å². The third-order valence-electron chi connectivity index (χ3n) is 6.10. The van der Waals surface area contributed by atoms with Crippen LogP contribution in [-0.2, 0) is 13.0 Å². The molecule has 2 aromatic carbocycles. The first-order valence-corrected chi connectivity index (χ1v) is 10.5. The van der Waals surface area contributed by atoms with Crippen LogP contribution in [0.3, 0.4) is 0 Å². The number of carbonyl (C=O) groups excluding carboxylic acids is 1. The Morgan fingerprint density at radius 3 is 2.53 bits per heavy atom. The van der Waals surface area contributed by atoms with Gasteiger partial charge in [0.1, 0.15) is 5.02 Å². The Hall–Kier alpha value is -2.48. The van der Waals surface area contributed by atoms with Crippen molar-refractivity contribution in [3.63, 3.8) is 0 Å². The number of aliphatic hydroxyl groups is 1. The van der Waals surface area contributed by atoms with E-state index in [-0.39, 0.29) is 22.2 Å². The second kappa shape index (κ2) is 8.34. The second-order valence-electron chi connectivity index (χ2n) is 8.17. The van der Waals surface area contributed by atoms with Crippen molar-refractivity contribution in [2.24, 2.45) is 0 Å². The van der Waals surface area contributed by atoms with E-state index in [4.69, 9.17) is 11.6 Å². The number of fused-ring (bicyclic) bond motifs is 1. The van der Waals surface area contributed by atoms with Crippen LogP contribution in [0.15, 0.2) is 42.5 Å². The average molecular weight is 430 g/mol. The lowest BCUT2D eigenvalue weighted by Gasteiger charge is -2.42. The monoisotopic (exact) mass is 429 g/mol. The number of carbonyl (C=O) groups is 1. The molecule has 0 atom stereocenters. The molecule has 1 fully saturated rings. The Morgan fingerprint density at radius 2 is 1.83 bits per heavy atom. The van der Waals surface area contributed by atoms with Crippen LogP contribution in [0, 0.1) is 10.1 Å². The predicted octanol–water partition coefficient (Wildman–Crippen LogP) is 3.27. The summed E-state index contributed by atoms with van der Waals surface area (Å²) in [5, 5.41) is 22.2. The average Bonchev–Trinajstić information content (AvgIpc) is 2.73. The minimum absolute atomic E-state index is 0.00711. The van der Waals surface area contributed by atoms with Gasteiger partial charge in [0.05, 0.1) is 10.5 Å². The zero-order chi connectivity index (χ0) is 21.3. The number of nitrogens with zero attached hydrogens (tertiary/aromatic N) is 3. The van der Waals surface area contributed by atoms with E-state index in [1.807, 2.05) is 6.07 Å². The molecular weight excluding hydrogens is 406 g/mol. The summed E-state index contributed by atoms with van der Waals surface area (Å²) in [5.74, 6) is -0.274. The molecule has 0 radical (unpaired) electrons. The number of nitro groups is 1. The van der Waals surface area contributed by atoms with E-state index in [0.717, 1.165) is 19.5 Å². The lowest BCUT2D eigenvalue weighted by molar-refractivity contribution is -0.384. The Bertz CT molecular complexity index is 973. The van der Waals surface area contributed by atoms with Gasteiger partial charge in [0.25, 0.3) is 11.6 Å². The molecule has 7 nitrogen and oxygen atoms in total. The SMILES string of the molecule is O=C(c1ccc(Cl)c([N+](=O)[O-])c1)N1CCC(O)(CN2CCc3ccccc3C2)CC1. The van der Waals surface area contributed by atoms with Crippen LogP contribution in [0.4, 0.5) is 5.69 Å². The predicted molar refractivity (Wildman–Crippen MR) is 114 cm³/mol. The molecule has 0 saturated carbocycles. The van der Waals surface area contributed by atoms with Crippen LogP contribution in [0.1, 0.15) is 34.3 Å². The second-order valence-corrected chi connectivity index (χ2v) is 8.58. The maximum atomic E-state index is 12.8. The fourth-order valence-corrected chi connectivity index (χ4v) is 4.54. The third-order valence-corrected chi connectivity index (χ3v) is 6.42. The summed E-state index contributed by atoms with van der Waals surface area (Å²) in [7, 11) is 0. The van der Waals surface area contributed by atoms with Gasteiger partial charge in [-0.15, -0.1) is 0 Å². The van der Waals surface area contributed by atoms with Crippen LogP contribution in [0.5, 0.6) is 0 Å². The molecule has 1 amide bonds. The quantitative estimate of drug-likeness (QED) is 0.595. The Balaban J connectivity index is 1.37. The third kappa shape index (κ3) is 4.33. The number of benzene rings is 2. The molecular formula is C22H24ClN3O4. The van der Waals surface area contributed by atoms with Crippen LogP contribution in [0.2, 0.25) is 5.02 Å². The molecule has 1 N–H and O–H groups in total. The lowest BCUT2D eigenvalue weighted by atomic mass is 9.89. The van der Waals surface area contributed by atoms with Crippen LogP contribution >= 0.6 is 11.6 Å². The number of hydrogen-bond acceptors (Lipinski definition) is 5. The van der Waals surface area contributed by atoms with Crippen molar-refractivity contribution in [2.75, 3.05) is 26.2 Å². The number of halogens is 1. The molecule has 2 aliphatic heterocycles. The lowest BCUT2D eigenvalue weighted by Crippen LogP contribution is -2.52. The van der Waals surface area contributed by atoms with E-state index >= 15 is 0 Å². The van der Waals surface area contributed by atoms with E-state index in [1.54, 1.807) is 4.90 Å². The highest BCUT2D eigenvalue weighted by atomic mass is 35.5. The number of β-amino-alcohol motifs (C(OH)–C–C–N with tert-alkyl or cyclic N) is 1. The van der Waals surface area contributed by atoms with Crippen molar-refractivity contribution in [3.8, 4) is 0 Å². The zero-order valence-corrected chi connectivity index (χ0v) is 17.3. The van der Waals surface area contributed by atoms with Crippen molar-refractivity contribution < 1.29 is 14.8 Å². The van der Waals surface area contributed by atoms with Crippen molar-refractivity contribution in [1.82, 2.24) is 9.80 Å². The van der Waals surface area contributed by atoms with Crippen molar-refractivity contribution in [3.05, 3.63) is 74.3 Å². The summed E-state index contributed by atoms with van der Waals surface area (Å²) in [6.45, 7) is 3.15. The highest BCUT2D eigenvalue weighted by molar-refractivity contribution is 6.32. The molecule has 0 spiro atoms. The van der Waals surface area contributed by atoms with Gasteiger partial charge in [-0.3, -0.25) is 19.8 Å². The molecule has 0 bridgehead atoms. The van der Waals surface area contributed by atoms with Gasteiger partial charge < -0.3 is 10.0 Å². The molecule has 4 rings (SSSR count). The van der Waals surface area contributed by atoms with E-state index in [2.05, 4.69) is 23.1 Å². The highest BCUT2D eigenvalue weighted by Crippen LogP contribution is 2.29. The van der Waals surface area contributed by atoms with E-state index < -0.39 is 10.5 Å². The Labute approximate surface area is 180 Å². The summed E-state index contributed by atoms with van der Waals surface area (Å²) >= 11 is 5.84. The fourth-order valence-electron chi connectivity index (χ4n) is 4.36. The van der Waals surface area contributed by atoms with Gasteiger partial charge >= 0.3 is 0 Å². The number of nitro benzene ring substituents is 1. The molecule has 1 saturated heterocycles. The molecule has 2 heterocycles. The van der Waals surface area contributed by atoms with E-state index in [0.29, 0.717) is 32.5 Å². The van der Waals surface area contributed by atoms with E-state index in [9.17, 15) is 20.0 Å². The number of hydrogen-bond donors (Lipinski definition) is 1. The number of piperidine rings is 1. The maximum Gasteiger partial charge on any atom is 0.288 e.